The molecular formula is C19H20FN3OS. The van der Waals surface area contributed by atoms with Crippen molar-refractivity contribution in [3.8, 4) is 0 Å². The van der Waals surface area contributed by atoms with Gasteiger partial charge in [0.25, 0.3) is 0 Å². The number of rotatable bonds is 6. The topological polar surface area (TPSA) is 38.1 Å². The maximum Gasteiger partial charge on any atom is 0.242 e. The Kier molecular flexibility index (Phi) is 5.38. The molecule has 0 saturated heterocycles. The second-order valence-corrected chi connectivity index (χ2v) is 6.74. The Bertz CT molecular complexity index is 893. The number of halogens is 1. The fourth-order valence-corrected chi connectivity index (χ4v) is 3.25. The van der Waals surface area contributed by atoms with Crippen molar-refractivity contribution in [2.45, 2.75) is 18.8 Å². The molecule has 3 rings (SSSR count). The zero-order chi connectivity index (χ0) is 17.8. The second kappa shape index (κ2) is 7.70. The SMILES string of the molecule is CSCc1nc2ccccc2n1CC(=O)N(C)Cc1ccccc1F. The van der Waals surface area contributed by atoms with E-state index in [1.54, 1.807) is 41.9 Å². The number of likely N-dealkylation sites (N-methyl/N-ethyl adjacent to an activating group) is 1. The van der Waals surface area contributed by atoms with Crippen molar-refractivity contribution in [2.75, 3.05) is 13.3 Å². The molecule has 1 heterocycles. The van der Waals surface area contributed by atoms with E-state index in [0.29, 0.717) is 5.56 Å². The van der Waals surface area contributed by atoms with Gasteiger partial charge in [-0.1, -0.05) is 30.3 Å². The highest BCUT2D eigenvalue weighted by molar-refractivity contribution is 7.97. The van der Waals surface area contributed by atoms with Crippen LogP contribution < -0.4 is 0 Å². The van der Waals surface area contributed by atoms with Crippen LogP contribution in [0.15, 0.2) is 48.5 Å². The lowest BCUT2D eigenvalue weighted by Gasteiger charge is -2.19. The molecule has 0 N–H and O–H groups in total. The quantitative estimate of drug-likeness (QED) is 0.675. The summed E-state index contributed by atoms with van der Waals surface area (Å²) in [6.07, 6.45) is 2.01. The molecule has 0 unspecified atom stereocenters. The normalized spacial score (nSPS) is 11.0. The van der Waals surface area contributed by atoms with Crippen molar-refractivity contribution in [3.63, 3.8) is 0 Å². The molecule has 0 saturated carbocycles. The zero-order valence-electron chi connectivity index (χ0n) is 14.3. The van der Waals surface area contributed by atoms with Crippen LogP contribution in [0.4, 0.5) is 4.39 Å². The lowest BCUT2D eigenvalue weighted by Crippen LogP contribution is -2.30. The van der Waals surface area contributed by atoms with Crippen LogP contribution in [0.1, 0.15) is 11.4 Å². The number of carbonyl (C=O) groups excluding carboxylic acids is 1. The van der Waals surface area contributed by atoms with Gasteiger partial charge < -0.3 is 9.47 Å². The molecule has 6 heteroatoms. The monoisotopic (exact) mass is 357 g/mol. The molecule has 2 aromatic carbocycles. The van der Waals surface area contributed by atoms with Crippen LogP contribution in [-0.4, -0.2) is 33.7 Å². The zero-order valence-corrected chi connectivity index (χ0v) is 15.1. The minimum Gasteiger partial charge on any atom is -0.340 e. The lowest BCUT2D eigenvalue weighted by molar-refractivity contribution is -0.131. The van der Waals surface area contributed by atoms with Crippen molar-refractivity contribution >= 4 is 28.7 Å². The van der Waals surface area contributed by atoms with Gasteiger partial charge in [0.2, 0.25) is 5.91 Å². The standard InChI is InChI=1S/C19H20FN3OS/c1-22(11-14-7-3-4-8-15(14)20)19(24)12-23-17-10-6-5-9-16(17)21-18(23)13-25-2/h3-10H,11-13H2,1-2H3. The number of carbonyl (C=O) groups is 1. The molecule has 25 heavy (non-hydrogen) atoms. The average molecular weight is 357 g/mol. The molecule has 3 aromatic rings. The number of imidazole rings is 1. The number of thioether (sulfide) groups is 1. The first-order valence-electron chi connectivity index (χ1n) is 8.00. The summed E-state index contributed by atoms with van der Waals surface area (Å²) >= 11 is 1.67. The van der Waals surface area contributed by atoms with E-state index < -0.39 is 0 Å². The Morgan fingerprint density at radius 2 is 1.92 bits per heavy atom. The summed E-state index contributed by atoms with van der Waals surface area (Å²) in [5.74, 6) is 1.24. The van der Waals surface area contributed by atoms with Crippen LogP contribution >= 0.6 is 11.8 Å². The third kappa shape index (κ3) is 3.85. The first kappa shape index (κ1) is 17.5. The molecule has 4 nitrogen and oxygen atoms in total. The summed E-state index contributed by atoms with van der Waals surface area (Å²) < 4.78 is 15.8. The number of benzene rings is 2. The Morgan fingerprint density at radius 1 is 1.20 bits per heavy atom. The number of fused-ring (bicyclic) bond motifs is 1. The van der Waals surface area contributed by atoms with Crippen molar-refractivity contribution in [1.82, 2.24) is 14.5 Å². The average Bonchev–Trinajstić information content (AvgIpc) is 2.95. The van der Waals surface area contributed by atoms with Crippen molar-refractivity contribution < 1.29 is 9.18 Å². The Labute approximate surface area is 150 Å². The molecule has 1 aromatic heterocycles. The van der Waals surface area contributed by atoms with Crippen molar-refractivity contribution in [2.24, 2.45) is 0 Å². The van der Waals surface area contributed by atoms with E-state index in [-0.39, 0.29) is 24.8 Å². The molecule has 0 radical (unpaired) electrons. The van der Waals surface area contributed by atoms with Gasteiger partial charge in [0.15, 0.2) is 0 Å². The van der Waals surface area contributed by atoms with Gasteiger partial charge in [0, 0.05) is 19.2 Å². The number of aromatic nitrogens is 2. The molecule has 130 valence electrons. The van der Waals surface area contributed by atoms with Crippen molar-refractivity contribution in [3.05, 3.63) is 65.7 Å². The molecule has 0 atom stereocenters. The molecule has 0 fully saturated rings. The Hall–Kier alpha value is -2.34. The van der Waals surface area contributed by atoms with E-state index in [0.717, 1.165) is 22.6 Å². The fraction of sp³-hybridized carbons (Fsp3) is 0.263. The van der Waals surface area contributed by atoms with Crippen LogP contribution in [0.3, 0.4) is 0 Å². The van der Waals surface area contributed by atoms with Gasteiger partial charge in [0.05, 0.1) is 16.8 Å². The van der Waals surface area contributed by atoms with E-state index in [1.165, 1.54) is 6.07 Å². The van der Waals surface area contributed by atoms with Crippen LogP contribution in [-0.2, 0) is 23.6 Å². The fourth-order valence-electron chi connectivity index (χ4n) is 2.77. The molecule has 0 aliphatic carbocycles. The maximum absolute atomic E-state index is 13.8. The van der Waals surface area contributed by atoms with E-state index >= 15 is 0 Å². The molecule has 0 spiro atoms. The van der Waals surface area contributed by atoms with E-state index in [4.69, 9.17) is 0 Å². The van der Waals surface area contributed by atoms with Gasteiger partial charge in [-0.3, -0.25) is 4.79 Å². The third-order valence-electron chi connectivity index (χ3n) is 4.09. The second-order valence-electron chi connectivity index (χ2n) is 5.88. The maximum atomic E-state index is 13.8. The van der Waals surface area contributed by atoms with Gasteiger partial charge in [-0.25, -0.2) is 9.37 Å². The van der Waals surface area contributed by atoms with Gasteiger partial charge in [-0.05, 0) is 24.5 Å². The summed E-state index contributed by atoms with van der Waals surface area (Å²) in [5, 5.41) is 0. The first-order valence-corrected chi connectivity index (χ1v) is 9.40. The minimum atomic E-state index is -0.293. The Balaban J connectivity index is 1.81. The van der Waals surface area contributed by atoms with Crippen LogP contribution in [0, 0.1) is 5.82 Å². The number of hydrogen-bond acceptors (Lipinski definition) is 3. The van der Waals surface area contributed by atoms with Crippen LogP contribution in [0.25, 0.3) is 11.0 Å². The third-order valence-corrected chi connectivity index (χ3v) is 4.64. The number of hydrogen-bond donors (Lipinski definition) is 0. The molecular weight excluding hydrogens is 337 g/mol. The first-order chi connectivity index (χ1) is 12.1. The van der Waals surface area contributed by atoms with E-state index in [1.807, 2.05) is 35.1 Å². The Morgan fingerprint density at radius 3 is 2.68 bits per heavy atom. The predicted molar refractivity (Wildman–Crippen MR) is 99.8 cm³/mol. The van der Waals surface area contributed by atoms with Gasteiger partial charge >= 0.3 is 0 Å². The summed E-state index contributed by atoms with van der Waals surface area (Å²) in [6.45, 7) is 0.442. The molecule has 1 amide bonds. The molecule has 0 aliphatic rings. The molecule has 0 aliphatic heterocycles. The summed E-state index contributed by atoms with van der Waals surface area (Å²) in [6, 6.07) is 14.3. The van der Waals surface area contributed by atoms with Gasteiger partial charge in [0.1, 0.15) is 18.2 Å². The highest BCUT2D eigenvalue weighted by Gasteiger charge is 2.16. The number of nitrogens with zero attached hydrogens (tertiary/aromatic N) is 3. The van der Waals surface area contributed by atoms with Crippen LogP contribution in [0.5, 0.6) is 0 Å². The predicted octanol–water partition coefficient (Wildman–Crippen LogP) is 3.70. The smallest absolute Gasteiger partial charge is 0.242 e. The van der Waals surface area contributed by atoms with E-state index in [2.05, 4.69) is 4.98 Å². The van der Waals surface area contributed by atoms with E-state index in [9.17, 15) is 9.18 Å². The minimum absolute atomic E-state index is 0.0752. The summed E-state index contributed by atoms with van der Waals surface area (Å²) in [4.78, 5) is 18.9. The highest BCUT2D eigenvalue weighted by atomic mass is 32.2. The lowest BCUT2D eigenvalue weighted by atomic mass is 10.2. The number of amides is 1. The van der Waals surface area contributed by atoms with Crippen LogP contribution in [0.2, 0.25) is 0 Å². The van der Waals surface area contributed by atoms with Gasteiger partial charge in [-0.2, -0.15) is 11.8 Å². The molecule has 0 bridgehead atoms. The van der Waals surface area contributed by atoms with Crippen molar-refractivity contribution in [1.29, 1.82) is 0 Å². The highest BCUT2D eigenvalue weighted by Crippen LogP contribution is 2.19. The summed E-state index contributed by atoms with van der Waals surface area (Å²) in [7, 11) is 1.70. The number of para-hydroxylation sites is 2. The summed E-state index contributed by atoms with van der Waals surface area (Å²) in [5.41, 5.74) is 2.34. The van der Waals surface area contributed by atoms with Gasteiger partial charge in [-0.15, -0.1) is 0 Å². The largest absolute Gasteiger partial charge is 0.340 e.